The molecule has 1 aliphatic rings. The number of thiazole rings is 1. The number of halogens is 2. The first-order valence-electron chi connectivity index (χ1n) is 11.2. The van der Waals surface area contributed by atoms with Crippen LogP contribution in [0.25, 0.3) is 6.08 Å². The first-order chi connectivity index (χ1) is 17.3. The Morgan fingerprint density at radius 2 is 1.92 bits per heavy atom. The van der Waals surface area contributed by atoms with Gasteiger partial charge >= 0.3 is 5.97 Å². The number of rotatable bonds is 7. The molecule has 0 unspecified atom stereocenters. The number of nitrogens with zero attached hydrogens (tertiary/aromatic N) is 2. The Bertz CT molecular complexity index is 1520. The molecule has 0 N–H and O–H groups in total. The van der Waals surface area contributed by atoms with E-state index in [1.165, 1.54) is 11.3 Å². The van der Waals surface area contributed by atoms with Crippen LogP contribution in [0.15, 0.2) is 71.3 Å². The highest BCUT2D eigenvalue weighted by Crippen LogP contribution is 2.34. The van der Waals surface area contributed by atoms with Crippen molar-refractivity contribution in [3.05, 3.63) is 87.4 Å². The fraction of sp³-hybridized carbons (Fsp3) is 0.269. The van der Waals surface area contributed by atoms with Crippen molar-refractivity contribution in [1.29, 1.82) is 0 Å². The molecule has 0 aliphatic carbocycles. The fourth-order valence-electron chi connectivity index (χ4n) is 4.02. The van der Waals surface area contributed by atoms with Gasteiger partial charge in [0.15, 0.2) is 4.80 Å². The number of ether oxygens (including phenoxy) is 2. The third-order valence-corrected chi connectivity index (χ3v) is 8.33. The van der Waals surface area contributed by atoms with E-state index in [4.69, 9.17) is 9.47 Å². The van der Waals surface area contributed by atoms with Gasteiger partial charge in [-0.1, -0.05) is 39.4 Å². The smallest absolute Gasteiger partial charge is 0.338 e. The predicted octanol–water partition coefficient (Wildman–Crippen LogP) is 5.44. The summed E-state index contributed by atoms with van der Waals surface area (Å²) in [5, 5.41) is 0. The molecule has 0 fully saturated rings. The molecule has 36 heavy (non-hydrogen) atoms. The lowest BCUT2D eigenvalue weighted by molar-refractivity contribution is -0.139. The molecule has 0 saturated heterocycles. The maximum absolute atomic E-state index is 13.8. The number of hydrogen-bond donors (Lipinski definition) is 0. The number of allylic oxidation sites excluding steroid dienone is 1. The molecular weight excluding hydrogens is 628 g/mol. The predicted molar refractivity (Wildman–Crippen MR) is 152 cm³/mol. The summed E-state index contributed by atoms with van der Waals surface area (Å²) in [7, 11) is 0. The molecule has 0 radical (unpaired) electrons. The van der Waals surface area contributed by atoms with Crippen molar-refractivity contribution in [2.75, 3.05) is 19.5 Å². The standard InChI is InChI=1S/C26H24Br2N2O4S2/c1-5-33-23-16(11-17(27)13-19(23)28)12-20-24(31)30-22(15-7-9-18(35-4)10-8-15)21(25(32)34-6-2)14(3)29-26(30)36-20/h7-13,22H,5-6H2,1-4H3/b20-12-/t22-/m0/s1. The van der Waals surface area contributed by atoms with Crippen LogP contribution in [0.1, 0.15) is 37.9 Å². The summed E-state index contributed by atoms with van der Waals surface area (Å²) in [6.45, 7) is 6.17. The summed E-state index contributed by atoms with van der Waals surface area (Å²) >= 11 is 9.99. The number of carbonyl (C=O) groups excluding carboxylic acids is 1. The van der Waals surface area contributed by atoms with Crippen LogP contribution in [0, 0.1) is 0 Å². The van der Waals surface area contributed by atoms with Crippen molar-refractivity contribution in [2.45, 2.75) is 31.7 Å². The van der Waals surface area contributed by atoms with E-state index in [2.05, 4.69) is 36.9 Å². The van der Waals surface area contributed by atoms with Gasteiger partial charge in [-0.2, -0.15) is 0 Å². The van der Waals surface area contributed by atoms with Crippen LogP contribution in [-0.4, -0.2) is 30.0 Å². The Labute approximate surface area is 234 Å². The van der Waals surface area contributed by atoms with Crippen molar-refractivity contribution >= 4 is 67.0 Å². The minimum atomic E-state index is -0.640. The van der Waals surface area contributed by atoms with Crippen LogP contribution in [0.3, 0.4) is 0 Å². The van der Waals surface area contributed by atoms with Gasteiger partial charge in [0.2, 0.25) is 0 Å². The summed E-state index contributed by atoms with van der Waals surface area (Å²) in [6, 6.07) is 11.0. The second-order valence-corrected chi connectivity index (χ2v) is 11.5. The van der Waals surface area contributed by atoms with E-state index in [1.54, 1.807) is 30.2 Å². The van der Waals surface area contributed by atoms with Gasteiger partial charge in [-0.3, -0.25) is 9.36 Å². The zero-order valence-electron chi connectivity index (χ0n) is 20.1. The van der Waals surface area contributed by atoms with E-state index in [0.29, 0.717) is 33.0 Å². The molecule has 6 nitrogen and oxygen atoms in total. The molecule has 0 bridgehead atoms. The van der Waals surface area contributed by atoms with Gasteiger partial charge in [0.1, 0.15) is 5.75 Å². The summed E-state index contributed by atoms with van der Waals surface area (Å²) in [5.74, 6) is 0.181. The Hall–Kier alpha value is -2.14. The first-order valence-corrected chi connectivity index (χ1v) is 14.9. The summed E-state index contributed by atoms with van der Waals surface area (Å²) in [6.07, 6.45) is 3.81. The van der Waals surface area contributed by atoms with Gasteiger partial charge in [-0.05, 0) is 78.9 Å². The number of benzene rings is 2. The Morgan fingerprint density at radius 1 is 1.19 bits per heavy atom. The van der Waals surface area contributed by atoms with E-state index < -0.39 is 12.0 Å². The van der Waals surface area contributed by atoms with E-state index in [9.17, 15) is 9.59 Å². The number of thioether (sulfide) groups is 1. The maximum Gasteiger partial charge on any atom is 0.338 e. The third-order valence-electron chi connectivity index (χ3n) is 5.56. The molecule has 2 aromatic carbocycles. The Kier molecular flexibility index (Phi) is 8.59. The molecule has 4 rings (SSSR count). The van der Waals surface area contributed by atoms with E-state index >= 15 is 0 Å². The largest absolute Gasteiger partial charge is 0.492 e. The van der Waals surface area contributed by atoms with E-state index in [1.807, 2.05) is 55.7 Å². The number of esters is 1. The second kappa shape index (κ2) is 11.5. The van der Waals surface area contributed by atoms with Crippen LogP contribution >= 0.6 is 55.0 Å². The second-order valence-electron chi connectivity index (χ2n) is 7.81. The zero-order chi connectivity index (χ0) is 26.0. The van der Waals surface area contributed by atoms with Gasteiger partial charge in [-0.15, -0.1) is 11.8 Å². The SMILES string of the molecule is CCOC(=O)C1=C(C)N=c2s/c(=C\c3cc(Br)cc(Br)c3OCC)c(=O)n2[C@H]1c1ccc(SC)cc1. The zero-order valence-corrected chi connectivity index (χ0v) is 24.9. The molecule has 1 atom stereocenters. The Balaban J connectivity index is 1.96. The average Bonchev–Trinajstić information content (AvgIpc) is 3.14. The minimum absolute atomic E-state index is 0.231. The van der Waals surface area contributed by atoms with Gasteiger partial charge in [-0.25, -0.2) is 9.79 Å². The summed E-state index contributed by atoms with van der Waals surface area (Å²) < 4.78 is 14.9. The quantitative estimate of drug-likeness (QED) is 0.251. The summed E-state index contributed by atoms with van der Waals surface area (Å²) in [5.41, 5.74) is 2.25. The number of aromatic nitrogens is 1. The maximum atomic E-state index is 13.8. The topological polar surface area (TPSA) is 69.9 Å². The number of hydrogen-bond acceptors (Lipinski definition) is 7. The monoisotopic (exact) mass is 650 g/mol. The van der Waals surface area contributed by atoms with Crippen LogP contribution < -0.4 is 19.6 Å². The van der Waals surface area contributed by atoms with Gasteiger partial charge in [0.25, 0.3) is 5.56 Å². The normalized spacial score (nSPS) is 15.5. The molecule has 0 spiro atoms. The van der Waals surface area contributed by atoms with Crippen LogP contribution in [0.4, 0.5) is 0 Å². The van der Waals surface area contributed by atoms with Crippen LogP contribution in [0.2, 0.25) is 0 Å². The van der Waals surface area contributed by atoms with Crippen molar-refractivity contribution in [3.63, 3.8) is 0 Å². The molecule has 0 amide bonds. The number of carbonyl (C=O) groups is 1. The van der Waals surface area contributed by atoms with Crippen molar-refractivity contribution < 1.29 is 14.3 Å². The van der Waals surface area contributed by atoms with Crippen LogP contribution in [0.5, 0.6) is 5.75 Å². The average molecular weight is 652 g/mol. The lowest BCUT2D eigenvalue weighted by Crippen LogP contribution is -2.39. The molecule has 1 aliphatic heterocycles. The molecular formula is C26H24Br2N2O4S2. The molecule has 10 heteroatoms. The molecule has 2 heterocycles. The highest BCUT2D eigenvalue weighted by molar-refractivity contribution is 9.11. The fourth-order valence-corrected chi connectivity index (χ4v) is 6.84. The lowest BCUT2D eigenvalue weighted by Gasteiger charge is -2.24. The molecule has 1 aromatic heterocycles. The first kappa shape index (κ1) is 26.9. The van der Waals surface area contributed by atoms with E-state index in [-0.39, 0.29) is 12.2 Å². The van der Waals surface area contributed by atoms with Crippen molar-refractivity contribution in [1.82, 2.24) is 4.57 Å². The third kappa shape index (κ3) is 5.27. The molecule has 3 aromatic rings. The minimum Gasteiger partial charge on any atom is -0.492 e. The van der Waals surface area contributed by atoms with Gasteiger partial charge in [0.05, 0.1) is 39.5 Å². The number of fused-ring (bicyclic) bond motifs is 1. The highest BCUT2D eigenvalue weighted by Gasteiger charge is 2.33. The van der Waals surface area contributed by atoms with Gasteiger partial charge < -0.3 is 9.47 Å². The van der Waals surface area contributed by atoms with Gasteiger partial charge in [0, 0.05) is 14.9 Å². The molecule has 0 saturated carbocycles. The highest BCUT2D eigenvalue weighted by atomic mass is 79.9. The van der Waals surface area contributed by atoms with Crippen LogP contribution in [-0.2, 0) is 9.53 Å². The lowest BCUT2D eigenvalue weighted by atomic mass is 9.96. The Morgan fingerprint density at radius 3 is 2.56 bits per heavy atom. The molecule has 188 valence electrons. The van der Waals surface area contributed by atoms with Crippen molar-refractivity contribution in [3.8, 4) is 5.75 Å². The van der Waals surface area contributed by atoms with Crippen molar-refractivity contribution in [2.24, 2.45) is 4.99 Å². The summed E-state index contributed by atoms with van der Waals surface area (Å²) in [4.78, 5) is 33.1. The van der Waals surface area contributed by atoms with E-state index in [0.717, 1.165) is 25.0 Å².